The summed E-state index contributed by atoms with van der Waals surface area (Å²) in [7, 11) is -3.43. The molecule has 1 fully saturated rings. The van der Waals surface area contributed by atoms with Crippen molar-refractivity contribution in [2.75, 3.05) is 13.1 Å². The summed E-state index contributed by atoms with van der Waals surface area (Å²) < 4.78 is 27.0. The Labute approximate surface area is 184 Å². The second kappa shape index (κ2) is 9.38. The van der Waals surface area contributed by atoms with Crippen molar-refractivity contribution in [1.82, 2.24) is 14.6 Å². The number of rotatable bonds is 7. The normalized spacial score (nSPS) is 15.2. The predicted octanol–water partition coefficient (Wildman–Crippen LogP) is 3.91. The maximum atomic E-state index is 12.7. The van der Waals surface area contributed by atoms with Gasteiger partial charge >= 0.3 is 0 Å². The van der Waals surface area contributed by atoms with Crippen molar-refractivity contribution < 1.29 is 13.2 Å². The standard InChI is InChI=1S/C21H23N3O3S3/c25-20(13-17-15-29-21(23-17)19-5-4-12-28-19)22-14-16-6-8-18(9-7-16)30(26,27)24-10-2-1-3-11-24/h4-9,12,15H,1-3,10-11,13-14H2,(H,22,25). The number of thiophene rings is 1. The van der Waals surface area contributed by atoms with E-state index in [-0.39, 0.29) is 12.3 Å². The third kappa shape index (κ3) is 4.97. The summed E-state index contributed by atoms with van der Waals surface area (Å²) >= 11 is 3.17. The van der Waals surface area contributed by atoms with Gasteiger partial charge in [0.25, 0.3) is 0 Å². The van der Waals surface area contributed by atoms with Crippen LogP contribution in [0.15, 0.2) is 52.1 Å². The quantitative estimate of drug-likeness (QED) is 0.579. The van der Waals surface area contributed by atoms with Gasteiger partial charge in [0.15, 0.2) is 0 Å². The lowest BCUT2D eigenvalue weighted by Gasteiger charge is -2.25. The van der Waals surface area contributed by atoms with Crippen molar-refractivity contribution >= 4 is 38.6 Å². The Morgan fingerprint density at radius 3 is 2.53 bits per heavy atom. The lowest BCUT2D eigenvalue weighted by atomic mass is 10.2. The van der Waals surface area contributed by atoms with Gasteiger partial charge in [-0.3, -0.25) is 4.79 Å². The molecule has 3 aromatic rings. The Kier molecular flexibility index (Phi) is 6.62. The van der Waals surface area contributed by atoms with Crippen molar-refractivity contribution in [3.05, 3.63) is 58.4 Å². The zero-order valence-electron chi connectivity index (χ0n) is 16.4. The minimum Gasteiger partial charge on any atom is -0.352 e. The van der Waals surface area contributed by atoms with Crippen LogP contribution in [-0.2, 0) is 27.8 Å². The van der Waals surface area contributed by atoms with Gasteiger partial charge in [0.1, 0.15) is 5.01 Å². The zero-order valence-corrected chi connectivity index (χ0v) is 18.9. The first-order valence-corrected chi connectivity index (χ1v) is 13.1. The topological polar surface area (TPSA) is 79.4 Å². The van der Waals surface area contributed by atoms with E-state index in [4.69, 9.17) is 0 Å². The fourth-order valence-corrected chi connectivity index (χ4v) is 6.51. The number of hydrogen-bond acceptors (Lipinski definition) is 6. The molecular formula is C21H23N3O3S3. The molecule has 1 saturated heterocycles. The van der Waals surface area contributed by atoms with Crippen molar-refractivity contribution in [2.45, 2.75) is 37.1 Å². The Hall–Kier alpha value is -2.07. The van der Waals surface area contributed by atoms with Gasteiger partial charge < -0.3 is 5.32 Å². The number of hydrogen-bond donors (Lipinski definition) is 1. The highest BCUT2D eigenvalue weighted by molar-refractivity contribution is 7.89. The number of carbonyl (C=O) groups is 1. The molecule has 0 spiro atoms. The summed E-state index contributed by atoms with van der Waals surface area (Å²) in [5.41, 5.74) is 1.61. The average molecular weight is 462 g/mol. The fourth-order valence-electron chi connectivity index (χ4n) is 3.36. The van der Waals surface area contributed by atoms with Crippen LogP contribution in [0.4, 0.5) is 0 Å². The Bertz CT molecular complexity index is 1080. The molecule has 1 N–H and O–H groups in total. The lowest BCUT2D eigenvalue weighted by Crippen LogP contribution is -2.35. The Morgan fingerprint density at radius 2 is 1.83 bits per heavy atom. The van der Waals surface area contributed by atoms with Crippen molar-refractivity contribution in [1.29, 1.82) is 0 Å². The van der Waals surface area contributed by atoms with E-state index >= 15 is 0 Å². The van der Waals surface area contributed by atoms with E-state index < -0.39 is 10.0 Å². The third-order valence-electron chi connectivity index (χ3n) is 4.99. The summed E-state index contributed by atoms with van der Waals surface area (Å²) in [6, 6.07) is 10.8. The number of nitrogens with zero attached hydrogens (tertiary/aromatic N) is 2. The van der Waals surface area contributed by atoms with Crippen LogP contribution in [0.2, 0.25) is 0 Å². The number of aromatic nitrogens is 1. The molecule has 1 aliphatic heterocycles. The van der Waals surface area contributed by atoms with E-state index in [2.05, 4.69) is 10.3 Å². The first-order valence-electron chi connectivity index (χ1n) is 9.86. The molecule has 158 valence electrons. The lowest BCUT2D eigenvalue weighted by molar-refractivity contribution is -0.120. The highest BCUT2D eigenvalue weighted by atomic mass is 32.2. The number of sulfonamides is 1. The second-order valence-corrected chi connectivity index (χ2v) is 10.9. The first-order chi connectivity index (χ1) is 14.5. The summed E-state index contributed by atoms with van der Waals surface area (Å²) in [4.78, 5) is 18.2. The summed E-state index contributed by atoms with van der Waals surface area (Å²) in [5.74, 6) is -0.108. The smallest absolute Gasteiger partial charge is 0.243 e. The molecule has 3 heterocycles. The highest BCUT2D eigenvalue weighted by Gasteiger charge is 2.25. The van der Waals surface area contributed by atoms with Gasteiger partial charge in [-0.2, -0.15) is 4.31 Å². The van der Waals surface area contributed by atoms with Crippen LogP contribution in [0.5, 0.6) is 0 Å². The molecule has 6 nitrogen and oxygen atoms in total. The fraction of sp³-hybridized carbons (Fsp3) is 0.333. The van der Waals surface area contributed by atoms with E-state index in [1.165, 1.54) is 11.3 Å². The molecular weight excluding hydrogens is 438 g/mol. The third-order valence-corrected chi connectivity index (χ3v) is 8.83. The number of amides is 1. The Balaban J connectivity index is 1.31. The number of nitrogens with one attached hydrogen (secondary N) is 1. The molecule has 4 rings (SSSR count). The van der Waals surface area contributed by atoms with Gasteiger partial charge in [-0.25, -0.2) is 13.4 Å². The van der Waals surface area contributed by atoms with Gasteiger partial charge in [-0.15, -0.1) is 22.7 Å². The maximum absolute atomic E-state index is 12.7. The van der Waals surface area contributed by atoms with E-state index in [1.54, 1.807) is 39.9 Å². The van der Waals surface area contributed by atoms with E-state index in [0.717, 1.165) is 40.4 Å². The van der Waals surface area contributed by atoms with Gasteiger partial charge in [0.2, 0.25) is 15.9 Å². The number of carbonyl (C=O) groups excluding carboxylic acids is 1. The van der Waals surface area contributed by atoms with Crippen molar-refractivity contribution in [3.63, 3.8) is 0 Å². The van der Waals surface area contributed by atoms with Crippen LogP contribution < -0.4 is 5.32 Å². The van der Waals surface area contributed by atoms with E-state index in [0.29, 0.717) is 24.5 Å². The first kappa shape index (κ1) is 21.2. The largest absolute Gasteiger partial charge is 0.352 e. The molecule has 0 aliphatic carbocycles. The molecule has 30 heavy (non-hydrogen) atoms. The molecule has 1 aliphatic rings. The van der Waals surface area contributed by atoms with Crippen LogP contribution in [0.3, 0.4) is 0 Å². The highest BCUT2D eigenvalue weighted by Crippen LogP contribution is 2.28. The minimum atomic E-state index is -3.43. The van der Waals surface area contributed by atoms with Crippen LogP contribution in [0.1, 0.15) is 30.5 Å². The van der Waals surface area contributed by atoms with Crippen molar-refractivity contribution in [3.8, 4) is 9.88 Å². The Morgan fingerprint density at radius 1 is 1.07 bits per heavy atom. The summed E-state index contributed by atoms with van der Waals surface area (Å²) in [6.07, 6.45) is 3.14. The zero-order chi connectivity index (χ0) is 21.0. The molecule has 0 atom stereocenters. The molecule has 1 aromatic carbocycles. The number of benzene rings is 1. The van der Waals surface area contributed by atoms with Gasteiger partial charge in [-0.1, -0.05) is 24.6 Å². The van der Waals surface area contributed by atoms with Gasteiger partial charge in [0.05, 0.1) is 21.9 Å². The van der Waals surface area contributed by atoms with Crippen LogP contribution in [0.25, 0.3) is 9.88 Å². The maximum Gasteiger partial charge on any atom is 0.243 e. The van der Waals surface area contributed by atoms with Crippen LogP contribution in [0, 0.1) is 0 Å². The molecule has 0 bridgehead atoms. The molecule has 2 aromatic heterocycles. The minimum absolute atomic E-state index is 0.108. The van der Waals surface area contributed by atoms with Crippen LogP contribution >= 0.6 is 22.7 Å². The van der Waals surface area contributed by atoms with E-state index in [1.807, 2.05) is 22.9 Å². The second-order valence-electron chi connectivity index (χ2n) is 7.18. The number of piperidine rings is 1. The SMILES string of the molecule is O=C(Cc1csc(-c2cccs2)n1)NCc1ccc(S(=O)(=O)N2CCCCC2)cc1. The summed E-state index contributed by atoms with van der Waals surface area (Å²) in [6.45, 7) is 1.53. The average Bonchev–Trinajstić information content (AvgIpc) is 3.45. The molecule has 0 saturated carbocycles. The molecule has 0 unspecified atom stereocenters. The van der Waals surface area contributed by atoms with E-state index in [9.17, 15) is 13.2 Å². The van der Waals surface area contributed by atoms with Crippen molar-refractivity contribution in [2.24, 2.45) is 0 Å². The van der Waals surface area contributed by atoms with Gasteiger partial charge in [0, 0.05) is 25.0 Å². The molecule has 9 heteroatoms. The molecule has 1 amide bonds. The summed E-state index contributed by atoms with van der Waals surface area (Å²) in [5, 5.41) is 7.73. The van der Waals surface area contributed by atoms with Crippen LogP contribution in [-0.4, -0.2) is 36.7 Å². The predicted molar refractivity (Wildman–Crippen MR) is 120 cm³/mol. The number of thiazole rings is 1. The monoisotopic (exact) mass is 461 g/mol. The molecule has 0 radical (unpaired) electrons. The van der Waals surface area contributed by atoms with Gasteiger partial charge in [-0.05, 0) is 42.0 Å².